The first-order chi connectivity index (χ1) is 11.4. The zero-order chi connectivity index (χ0) is 17.7. The molecule has 9 heteroatoms. The number of nitrogens with zero attached hydrogens (tertiary/aromatic N) is 1. The molecule has 0 bridgehead atoms. The number of aliphatic hydroxyl groups is 1. The number of anilines is 1. The van der Waals surface area contributed by atoms with Crippen molar-refractivity contribution in [1.82, 2.24) is 9.97 Å². The van der Waals surface area contributed by atoms with Crippen LogP contribution in [0, 0.1) is 12.7 Å². The van der Waals surface area contributed by atoms with Crippen LogP contribution in [0.2, 0.25) is 0 Å². The fraction of sp³-hybridized carbons (Fsp3) is 0.267. The highest BCUT2D eigenvalue weighted by Crippen LogP contribution is 2.20. The largest absolute Gasteiger partial charge is 0.396 e. The molecule has 0 atom stereocenters. The predicted octanol–water partition coefficient (Wildman–Crippen LogP) is 2.25. The molecule has 0 aliphatic carbocycles. The number of H-pyrrole nitrogens is 1. The highest BCUT2D eigenvalue weighted by molar-refractivity contribution is 9.10. The van der Waals surface area contributed by atoms with E-state index in [4.69, 9.17) is 5.11 Å². The molecule has 1 aromatic heterocycles. The number of benzene rings is 1. The maximum atomic E-state index is 13.7. The zero-order valence-electron chi connectivity index (χ0n) is 12.7. The molecular weight excluding hydrogens is 401 g/mol. The number of nitrogens with one attached hydrogen (secondary N) is 2. The van der Waals surface area contributed by atoms with Crippen molar-refractivity contribution in [3.05, 3.63) is 50.1 Å². The molecule has 0 saturated carbocycles. The van der Waals surface area contributed by atoms with Crippen LogP contribution >= 0.6 is 27.7 Å². The third-order valence-electron chi connectivity index (χ3n) is 3.11. The number of carbonyl (C=O) groups excluding carboxylic acids is 1. The summed E-state index contributed by atoms with van der Waals surface area (Å²) in [6.07, 6.45) is 0.225. The van der Waals surface area contributed by atoms with Gasteiger partial charge in [-0.25, -0.2) is 9.37 Å². The van der Waals surface area contributed by atoms with E-state index in [9.17, 15) is 14.0 Å². The number of aryl methyl sites for hydroxylation is 1. The molecule has 0 aliphatic heterocycles. The average molecular weight is 416 g/mol. The van der Waals surface area contributed by atoms with Gasteiger partial charge < -0.3 is 15.4 Å². The van der Waals surface area contributed by atoms with Gasteiger partial charge in [0.15, 0.2) is 5.16 Å². The molecule has 1 heterocycles. The van der Waals surface area contributed by atoms with Crippen LogP contribution in [-0.4, -0.2) is 33.3 Å². The lowest BCUT2D eigenvalue weighted by atomic mass is 10.2. The van der Waals surface area contributed by atoms with Gasteiger partial charge in [0.2, 0.25) is 5.91 Å². The summed E-state index contributed by atoms with van der Waals surface area (Å²) in [5.74, 6) is -0.989. The first-order valence-electron chi connectivity index (χ1n) is 6.99. The van der Waals surface area contributed by atoms with Crippen LogP contribution in [0.1, 0.15) is 11.3 Å². The Kier molecular flexibility index (Phi) is 6.52. The SMILES string of the molecule is Cc1nc(SCC(=O)Nc2ccc(Br)cc2F)[nH]c(=O)c1CCO. The van der Waals surface area contributed by atoms with E-state index >= 15 is 0 Å². The minimum atomic E-state index is -0.543. The Morgan fingerprint density at radius 3 is 2.88 bits per heavy atom. The zero-order valence-corrected chi connectivity index (χ0v) is 15.1. The molecule has 0 aliphatic rings. The van der Waals surface area contributed by atoms with E-state index < -0.39 is 11.7 Å². The summed E-state index contributed by atoms with van der Waals surface area (Å²) in [5, 5.41) is 11.7. The Labute approximate surface area is 150 Å². The molecule has 6 nitrogen and oxygen atoms in total. The van der Waals surface area contributed by atoms with Crippen molar-refractivity contribution < 1.29 is 14.3 Å². The Bertz CT molecular complexity index is 813. The van der Waals surface area contributed by atoms with Gasteiger partial charge in [0, 0.05) is 28.8 Å². The van der Waals surface area contributed by atoms with Crippen LogP contribution < -0.4 is 10.9 Å². The molecule has 128 valence electrons. The number of halogens is 2. The second-order valence-corrected chi connectivity index (χ2v) is 6.75. The van der Waals surface area contributed by atoms with Gasteiger partial charge in [-0.15, -0.1) is 0 Å². The third-order valence-corrected chi connectivity index (χ3v) is 4.47. The highest BCUT2D eigenvalue weighted by atomic mass is 79.9. The van der Waals surface area contributed by atoms with Crippen molar-refractivity contribution in [2.75, 3.05) is 17.7 Å². The van der Waals surface area contributed by atoms with Crippen molar-refractivity contribution >= 4 is 39.3 Å². The van der Waals surface area contributed by atoms with Crippen molar-refractivity contribution in [3.63, 3.8) is 0 Å². The average Bonchev–Trinajstić information content (AvgIpc) is 2.51. The van der Waals surface area contributed by atoms with Crippen LogP contribution in [0.4, 0.5) is 10.1 Å². The molecule has 0 unspecified atom stereocenters. The molecule has 24 heavy (non-hydrogen) atoms. The molecule has 2 aromatic rings. The van der Waals surface area contributed by atoms with E-state index in [-0.39, 0.29) is 30.0 Å². The Morgan fingerprint density at radius 2 is 2.25 bits per heavy atom. The maximum absolute atomic E-state index is 13.7. The van der Waals surface area contributed by atoms with Crippen molar-refractivity contribution in [3.8, 4) is 0 Å². The fourth-order valence-electron chi connectivity index (χ4n) is 1.97. The molecule has 0 saturated heterocycles. The quantitative estimate of drug-likeness (QED) is 0.496. The highest BCUT2D eigenvalue weighted by Gasteiger charge is 2.11. The number of amides is 1. The Hall–Kier alpha value is -1.71. The first kappa shape index (κ1) is 18.6. The second-order valence-electron chi connectivity index (χ2n) is 4.87. The van der Waals surface area contributed by atoms with Gasteiger partial charge in [-0.2, -0.15) is 0 Å². The molecular formula is C15H15BrFN3O3S. The normalized spacial score (nSPS) is 10.7. The number of aliphatic hydroxyl groups excluding tert-OH is 1. The third kappa shape index (κ3) is 4.89. The number of rotatable bonds is 6. The molecule has 0 spiro atoms. The van der Waals surface area contributed by atoms with Gasteiger partial charge in [-0.1, -0.05) is 27.7 Å². The molecule has 1 aromatic carbocycles. The van der Waals surface area contributed by atoms with Crippen LogP contribution in [0.3, 0.4) is 0 Å². The van der Waals surface area contributed by atoms with E-state index in [1.165, 1.54) is 12.1 Å². The monoisotopic (exact) mass is 415 g/mol. The lowest BCUT2D eigenvalue weighted by Gasteiger charge is -2.08. The number of thioether (sulfide) groups is 1. The maximum Gasteiger partial charge on any atom is 0.255 e. The summed E-state index contributed by atoms with van der Waals surface area (Å²) in [6.45, 7) is 1.53. The molecule has 3 N–H and O–H groups in total. The number of aromatic amines is 1. The van der Waals surface area contributed by atoms with Crippen molar-refractivity contribution in [2.45, 2.75) is 18.5 Å². The van der Waals surface area contributed by atoms with Gasteiger partial charge in [0.25, 0.3) is 5.56 Å². The van der Waals surface area contributed by atoms with Gasteiger partial charge in [0.05, 0.1) is 11.4 Å². The number of hydrogen-bond acceptors (Lipinski definition) is 5. The summed E-state index contributed by atoms with van der Waals surface area (Å²) >= 11 is 4.18. The standard InChI is InChI=1S/C15H15BrFN3O3S/c1-8-10(4-5-21)14(23)20-15(18-8)24-7-13(22)19-12-3-2-9(16)6-11(12)17/h2-3,6,21H,4-5,7H2,1H3,(H,19,22)(H,18,20,23). The summed E-state index contributed by atoms with van der Waals surface area (Å²) < 4.78 is 14.2. The van der Waals surface area contributed by atoms with Crippen molar-refractivity contribution in [1.29, 1.82) is 0 Å². The predicted molar refractivity (Wildman–Crippen MR) is 93.8 cm³/mol. The number of carbonyl (C=O) groups is 1. The minimum Gasteiger partial charge on any atom is -0.396 e. The Morgan fingerprint density at radius 1 is 1.50 bits per heavy atom. The van der Waals surface area contributed by atoms with Gasteiger partial charge in [0.1, 0.15) is 5.82 Å². The smallest absolute Gasteiger partial charge is 0.255 e. The van der Waals surface area contributed by atoms with E-state index in [2.05, 4.69) is 31.2 Å². The molecule has 0 fully saturated rings. The molecule has 1 amide bonds. The van der Waals surface area contributed by atoms with E-state index in [0.29, 0.717) is 20.9 Å². The summed E-state index contributed by atoms with van der Waals surface area (Å²) in [7, 11) is 0. The fourth-order valence-corrected chi connectivity index (χ4v) is 3.01. The topological polar surface area (TPSA) is 95.1 Å². The Balaban J connectivity index is 2.00. The summed E-state index contributed by atoms with van der Waals surface area (Å²) in [6, 6.07) is 4.33. The van der Waals surface area contributed by atoms with Crippen LogP contribution in [0.5, 0.6) is 0 Å². The molecule has 2 rings (SSSR count). The van der Waals surface area contributed by atoms with Gasteiger partial charge in [-0.05, 0) is 25.1 Å². The second kappa shape index (κ2) is 8.41. The van der Waals surface area contributed by atoms with Gasteiger partial charge in [-0.3, -0.25) is 9.59 Å². The minimum absolute atomic E-state index is 0.0305. The molecule has 0 radical (unpaired) electrons. The summed E-state index contributed by atoms with van der Waals surface area (Å²) in [5.41, 5.74) is 0.677. The first-order valence-corrected chi connectivity index (χ1v) is 8.77. The van der Waals surface area contributed by atoms with Crippen molar-refractivity contribution in [2.24, 2.45) is 0 Å². The van der Waals surface area contributed by atoms with Crippen LogP contribution in [-0.2, 0) is 11.2 Å². The van der Waals surface area contributed by atoms with Gasteiger partial charge >= 0.3 is 0 Å². The number of hydrogen-bond donors (Lipinski definition) is 3. The van der Waals surface area contributed by atoms with E-state index in [1.54, 1.807) is 13.0 Å². The number of aromatic nitrogens is 2. The van der Waals surface area contributed by atoms with E-state index in [1.807, 2.05) is 0 Å². The lowest BCUT2D eigenvalue weighted by Crippen LogP contribution is -2.20. The lowest BCUT2D eigenvalue weighted by molar-refractivity contribution is -0.113. The van der Waals surface area contributed by atoms with E-state index in [0.717, 1.165) is 11.8 Å². The van der Waals surface area contributed by atoms with Crippen LogP contribution in [0.15, 0.2) is 32.6 Å². The van der Waals surface area contributed by atoms with Crippen LogP contribution in [0.25, 0.3) is 0 Å². The summed E-state index contributed by atoms with van der Waals surface area (Å²) in [4.78, 5) is 30.5.